The summed E-state index contributed by atoms with van der Waals surface area (Å²) in [6.07, 6.45) is 5.97. The molecule has 1 aliphatic carbocycles. The molecule has 1 fully saturated rings. The van der Waals surface area contributed by atoms with E-state index in [1.165, 1.54) is 12.0 Å². The fraction of sp³-hybridized carbons (Fsp3) is 0.529. The number of benzene rings is 1. The Balaban J connectivity index is 1.46. The minimum Gasteiger partial charge on any atom is -0.313 e. The van der Waals surface area contributed by atoms with Crippen LogP contribution in [0.25, 0.3) is 0 Å². The first-order valence-corrected chi connectivity index (χ1v) is 7.80. The van der Waals surface area contributed by atoms with E-state index in [9.17, 15) is 0 Å². The molecule has 0 bridgehead atoms. The van der Waals surface area contributed by atoms with Gasteiger partial charge >= 0.3 is 0 Å². The van der Waals surface area contributed by atoms with Gasteiger partial charge in [0.15, 0.2) is 0 Å². The molecule has 112 valence electrons. The van der Waals surface area contributed by atoms with Crippen molar-refractivity contribution in [2.45, 2.75) is 45.2 Å². The number of hydrogen-bond acceptors (Lipinski definition) is 3. The molecule has 1 saturated carbocycles. The van der Waals surface area contributed by atoms with Crippen molar-refractivity contribution in [2.75, 3.05) is 6.54 Å². The zero-order valence-electron chi connectivity index (χ0n) is 12.9. The van der Waals surface area contributed by atoms with Gasteiger partial charge in [-0.3, -0.25) is 4.68 Å². The molecule has 1 aliphatic rings. The van der Waals surface area contributed by atoms with Gasteiger partial charge in [-0.05, 0) is 36.3 Å². The lowest BCUT2D eigenvalue weighted by molar-refractivity contribution is 0.0689. The molecule has 3 rings (SSSR count). The van der Waals surface area contributed by atoms with Gasteiger partial charge in [-0.2, -0.15) is 0 Å². The van der Waals surface area contributed by atoms with Crippen LogP contribution >= 0.6 is 0 Å². The van der Waals surface area contributed by atoms with Gasteiger partial charge in [-0.1, -0.05) is 49.4 Å². The van der Waals surface area contributed by atoms with E-state index in [0.717, 1.165) is 19.5 Å². The standard InChI is InChI=1S/C17H24N4/c1-17(2)15(14-7-4-3-5-8-14)13-16(17)18-9-6-11-21-12-10-19-20-21/h3-5,7-8,10,12,15-16,18H,6,9,11,13H2,1-2H3/t15-,16+/m1/s1. The van der Waals surface area contributed by atoms with Gasteiger partial charge in [0.1, 0.15) is 0 Å². The van der Waals surface area contributed by atoms with Crippen LogP contribution < -0.4 is 5.32 Å². The minimum atomic E-state index is 0.328. The summed E-state index contributed by atoms with van der Waals surface area (Å²) in [5, 5.41) is 11.5. The fourth-order valence-corrected chi connectivity index (χ4v) is 3.39. The quantitative estimate of drug-likeness (QED) is 0.829. The third-order valence-electron chi connectivity index (χ3n) is 4.90. The molecule has 0 amide bonds. The zero-order chi connectivity index (χ0) is 14.7. The van der Waals surface area contributed by atoms with Gasteiger partial charge in [0.25, 0.3) is 0 Å². The molecule has 1 N–H and O–H groups in total. The highest BCUT2D eigenvalue weighted by atomic mass is 15.4. The molecule has 0 aliphatic heterocycles. The molecule has 2 atom stereocenters. The Bertz CT molecular complexity index is 547. The lowest BCUT2D eigenvalue weighted by atomic mass is 9.56. The molecule has 0 spiro atoms. The van der Waals surface area contributed by atoms with E-state index in [1.54, 1.807) is 6.20 Å². The van der Waals surface area contributed by atoms with Crippen LogP contribution in [0.1, 0.15) is 38.2 Å². The van der Waals surface area contributed by atoms with Gasteiger partial charge in [0, 0.05) is 18.8 Å². The van der Waals surface area contributed by atoms with Crippen molar-refractivity contribution in [3.8, 4) is 0 Å². The van der Waals surface area contributed by atoms with Crippen LogP contribution in [-0.4, -0.2) is 27.6 Å². The topological polar surface area (TPSA) is 42.7 Å². The molecule has 4 nitrogen and oxygen atoms in total. The van der Waals surface area contributed by atoms with E-state index < -0.39 is 0 Å². The summed E-state index contributed by atoms with van der Waals surface area (Å²) < 4.78 is 1.89. The summed E-state index contributed by atoms with van der Waals surface area (Å²) in [5.74, 6) is 0.673. The largest absolute Gasteiger partial charge is 0.313 e. The number of aryl methyl sites for hydroxylation is 1. The van der Waals surface area contributed by atoms with Gasteiger partial charge in [0.2, 0.25) is 0 Å². The molecule has 0 saturated heterocycles. The summed E-state index contributed by atoms with van der Waals surface area (Å²) >= 11 is 0. The highest BCUT2D eigenvalue weighted by molar-refractivity contribution is 5.27. The van der Waals surface area contributed by atoms with E-state index in [-0.39, 0.29) is 0 Å². The summed E-state index contributed by atoms with van der Waals surface area (Å²) in [4.78, 5) is 0. The average Bonchev–Trinajstić information content (AvgIpc) is 3.00. The maximum Gasteiger partial charge on any atom is 0.0692 e. The van der Waals surface area contributed by atoms with Crippen molar-refractivity contribution in [3.63, 3.8) is 0 Å². The van der Waals surface area contributed by atoms with Crippen LogP contribution in [0.15, 0.2) is 42.7 Å². The van der Waals surface area contributed by atoms with E-state index in [1.807, 2.05) is 10.9 Å². The number of rotatable bonds is 6. The monoisotopic (exact) mass is 284 g/mol. The lowest BCUT2D eigenvalue weighted by Gasteiger charge is -2.53. The summed E-state index contributed by atoms with van der Waals surface area (Å²) in [6, 6.07) is 11.5. The molecule has 1 aromatic heterocycles. The van der Waals surface area contributed by atoms with Crippen molar-refractivity contribution >= 4 is 0 Å². The maximum atomic E-state index is 3.99. The van der Waals surface area contributed by atoms with Crippen LogP contribution in [0.2, 0.25) is 0 Å². The van der Waals surface area contributed by atoms with Crippen LogP contribution in [0.4, 0.5) is 0 Å². The predicted octanol–water partition coefficient (Wildman–Crippen LogP) is 2.84. The normalized spacial score (nSPS) is 23.7. The molecule has 0 unspecified atom stereocenters. The minimum absolute atomic E-state index is 0.328. The van der Waals surface area contributed by atoms with E-state index in [2.05, 4.69) is 59.8 Å². The Morgan fingerprint density at radius 1 is 1.29 bits per heavy atom. The Kier molecular flexibility index (Phi) is 4.06. The third kappa shape index (κ3) is 3.00. The van der Waals surface area contributed by atoms with Crippen LogP contribution in [0, 0.1) is 5.41 Å². The smallest absolute Gasteiger partial charge is 0.0692 e. The number of aromatic nitrogens is 3. The predicted molar refractivity (Wildman–Crippen MR) is 84.0 cm³/mol. The molecule has 21 heavy (non-hydrogen) atoms. The van der Waals surface area contributed by atoms with Gasteiger partial charge in [-0.25, -0.2) is 0 Å². The summed E-state index contributed by atoms with van der Waals surface area (Å²) in [5.41, 5.74) is 1.80. The van der Waals surface area contributed by atoms with E-state index >= 15 is 0 Å². The number of nitrogens with one attached hydrogen (secondary N) is 1. The van der Waals surface area contributed by atoms with E-state index in [4.69, 9.17) is 0 Å². The van der Waals surface area contributed by atoms with Gasteiger partial charge in [-0.15, -0.1) is 5.10 Å². The molecule has 0 radical (unpaired) electrons. The average molecular weight is 284 g/mol. The Hall–Kier alpha value is -1.68. The van der Waals surface area contributed by atoms with Crippen molar-refractivity contribution in [1.82, 2.24) is 20.3 Å². The Morgan fingerprint density at radius 3 is 2.76 bits per heavy atom. The highest BCUT2D eigenvalue weighted by Crippen LogP contribution is 2.52. The summed E-state index contributed by atoms with van der Waals surface area (Å²) in [6.45, 7) is 6.73. The first-order chi connectivity index (χ1) is 10.2. The number of hydrogen-bond donors (Lipinski definition) is 1. The summed E-state index contributed by atoms with van der Waals surface area (Å²) in [7, 11) is 0. The first kappa shape index (κ1) is 14.3. The second-order valence-corrected chi connectivity index (χ2v) is 6.55. The molecule has 4 heteroatoms. The van der Waals surface area contributed by atoms with Crippen LogP contribution in [-0.2, 0) is 6.54 Å². The molecular weight excluding hydrogens is 260 g/mol. The zero-order valence-corrected chi connectivity index (χ0v) is 12.9. The van der Waals surface area contributed by atoms with Crippen molar-refractivity contribution in [1.29, 1.82) is 0 Å². The molecule has 2 aromatic rings. The van der Waals surface area contributed by atoms with Crippen LogP contribution in [0.3, 0.4) is 0 Å². The Morgan fingerprint density at radius 2 is 2.10 bits per heavy atom. The van der Waals surface area contributed by atoms with E-state index in [0.29, 0.717) is 17.4 Å². The van der Waals surface area contributed by atoms with Crippen molar-refractivity contribution < 1.29 is 0 Å². The molecular formula is C17H24N4. The molecule has 1 aromatic carbocycles. The van der Waals surface area contributed by atoms with Crippen LogP contribution in [0.5, 0.6) is 0 Å². The second-order valence-electron chi connectivity index (χ2n) is 6.55. The second kappa shape index (κ2) is 5.98. The fourth-order valence-electron chi connectivity index (χ4n) is 3.39. The highest BCUT2D eigenvalue weighted by Gasteiger charge is 2.47. The van der Waals surface area contributed by atoms with Crippen molar-refractivity contribution in [2.24, 2.45) is 5.41 Å². The molecule has 1 heterocycles. The SMILES string of the molecule is CC1(C)[C@@H](NCCCn2ccnn2)C[C@@H]1c1ccccc1. The third-order valence-corrected chi connectivity index (χ3v) is 4.90. The Labute approximate surface area is 126 Å². The van der Waals surface area contributed by atoms with Crippen molar-refractivity contribution in [3.05, 3.63) is 48.3 Å². The van der Waals surface area contributed by atoms with Gasteiger partial charge in [0.05, 0.1) is 6.20 Å². The number of nitrogens with zero attached hydrogens (tertiary/aromatic N) is 3. The van der Waals surface area contributed by atoms with Gasteiger partial charge < -0.3 is 5.32 Å². The first-order valence-electron chi connectivity index (χ1n) is 7.80. The maximum absolute atomic E-state index is 3.99. The lowest BCUT2D eigenvalue weighted by Crippen LogP contribution is -2.55.